The van der Waals surface area contributed by atoms with Crippen molar-refractivity contribution >= 4 is 5.97 Å². The molecule has 0 radical (unpaired) electrons. The highest BCUT2D eigenvalue weighted by Gasteiger charge is 2.35. The number of carboxylic acid groups (broad SMARTS) is 1. The number of rotatable bonds is 12. The average Bonchev–Trinajstić information content (AvgIpc) is 2.99. The summed E-state index contributed by atoms with van der Waals surface area (Å²) in [7, 11) is 0. The third-order valence-corrected chi connectivity index (χ3v) is 7.31. The maximum absolute atomic E-state index is 15.9. The second-order valence-electron chi connectivity index (χ2n) is 10.3. The lowest BCUT2D eigenvalue weighted by molar-refractivity contribution is -0.139. The number of aliphatic carboxylic acids is 1. The Bertz CT molecular complexity index is 1800. The van der Waals surface area contributed by atoms with Gasteiger partial charge in [0.1, 0.15) is 5.82 Å². The van der Waals surface area contributed by atoms with Gasteiger partial charge in [0.05, 0.1) is 30.8 Å². The Balaban J connectivity index is 1.87. The van der Waals surface area contributed by atoms with Crippen LogP contribution in [-0.2, 0) is 24.1 Å². The van der Waals surface area contributed by atoms with Crippen molar-refractivity contribution in [3.05, 3.63) is 122 Å². The zero-order chi connectivity index (χ0) is 32.9. The molecule has 0 bridgehead atoms. The van der Waals surface area contributed by atoms with Crippen molar-refractivity contribution in [3.8, 4) is 16.9 Å². The number of hydrogen-bond acceptors (Lipinski definition) is 5. The van der Waals surface area contributed by atoms with E-state index in [0.717, 1.165) is 16.7 Å². The molecule has 0 aliphatic heterocycles. The number of alkyl halides is 3. The number of unbranched alkanes of at least 4 members (excludes halogenated alkanes) is 1. The molecule has 0 unspecified atom stereocenters. The quantitative estimate of drug-likeness (QED) is 0.154. The fourth-order valence-electron chi connectivity index (χ4n) is 4.98. The highest BCUT2D eigenvalue weighted by atomic mass is 19.4. The summed E-state index contributed by atoms with van der Waals surface area (Å²) >= 11 is 0. The molecule has 1 aromatic heterocycles. The second-order valence-corrected chi connectivity index (χ2v) is 10.3. The minimum Gasteiger partial charge on any atom is -0.490 e. The van der Waals surface area contributed by atoms with Crippen LogP contribution in [0, 0.1) is 18.6 Å². The van der Waals surface area contributed by atoms with Gasteiger partial charge in [0.25, 0.3) is 5.56 Å². The van der Waals surface area contributed by atoms with Crippen LogP contribution in [0.1, 0.15) is 47.7 Å². The SMILES string of the molecule is Cc1c(-c2cccc(OCCCCC(=O)O)c2F)c(=O)n(C[C@H](N)c2ccccc2)c(=O)n1Cc1c(F)cccc1C(F)(F)F. The summed E-state index contributed by atoms with van der Waals surface area (Å²) in [6, 6.07) is 13.8. The molecule has 3 N–H and O–H groups in total. The Morgan fingerprint density at radius 3 is 2.31 bits per heavy atom. The van der Waals surface area contributed by atoms with Crippen LogP contribution in [0.2, 0.25) is 0 Å². The van der Waals surface area contributed by atoms with E-state index >= 15 is 4.39 Å². The molecule has 45 heavy (non-hydrogen) atoms. The molecule has 4 aromatic rings. The molecule has 3 aromatic carbocycles. The van der Waals surface area contributed by atoms with Crippen molar-refractivity contribution in [1.29, 1.82) is 0 Å². The summed E-state index contributed by atoms with van der Waals surface area (Å²) in [5, 5.41) is 8.79. The third-order valence-electron chi connectivity index (χ3n) is 7.31. The summed E-state index contributed by atoms with van der Waals surface area (Å²) in [4.78, 5) is 38.4. The fraction of sp³-hybridized carbons (Fsp3) is 0.281. The van der Waals surface area contributed by atoms with Gasteiger partial charge in [-0.1, -0.05) is 48.5 Å². The van der Waals surface area contributed by atoms with E-state index in [9.17, 15) is 31.9 Å². The van der Waals surface area contributed by atoms with Crippen molar-refractivity contribution in [3.63, 3.8) is 0 Å². The van der Waals surface area contributed by atoms with E-state index in [1.807, 2.05) is 0 Å². The number of nitrogens with zero attached hydrogens (tertiary/aromatic N) is 2. The van der Waals surface area contributed by atoms with E-state index in [2.05, 4.69) is 0 Å². The zero-order valence-electron chi connectivity index (χ0n) is 24.1. The first-order valence-corrected chi connectivity index (χ1v) is 13.9. The topological polar surface area (TPSA) is 117 Å². The number of carbonyl (C=O) groups is 1. The van der Waals surface area contributed by atoms with E-state index in [1.54, 1.807) is 30.3 Å². The molecule has 0 aliphatic carbocycles. The molecule has 1 atom stereocenters. The monoisotopic (exact) mass is 631 g/mol. The first-order valence-electron chi connectivity index (χ1n) is 13.9. The third kappa shape index (κ3) is 7.48. The van der Waals surface area contributed by atoms with Gasteiger partial charge in [-0.15, -0.1) is 0 Å². The summed E-state index contributed by atoms with van der Waals surface area (Å²) < 4.78 is 79.3. The molecule has 0 amide bonds. The number of ether oxygens (including phenoxy) is 1. The highest BCUT2D eigenvalue weighted by Crippen LogP contribution is 2.34. The first-order chi connectivity index (χ1) is 21.3. The maximum atomic E-state index is 15.9. The molecular formula is C32H30F5N3O5. The summed E-state index contributed by atoms with van der Waals surface area (Å²) in [5.41, 5.74) is 1.83. The van der Waals surface area contributed by atoms with Crippen LogP contribution in [0.25, 0.3) is 11.1 Å². The van der Waals surface area contributed by atoms with Gasteiger partial charge in [-0.05, 0) is 43.5 Å². The van der Waals surface area contributed by atoms with Crippen LogP contribution < -0.4 is 21.7 Å². The molecule has 8 nitrogen and oxygen atoms in total. The Hall–Kier alpha value is -4.78. The van der Waals surface area contributed by atoms with Gasteiger partial charge in [0.2, 0.25) is 0 Å². The molecular weight excluding hydrogens is 601 g/mol. The molecule has 0 saturated carbocycles. The number of halogens is 5. The summed E-state index contributed by atoms with van der Waals surface area (Å²) in [5.74, 6) is -3.46. The molecule has 4 rings (SSSR count). The van der Waals surface area contributed by atoms with Crippen LogP contribution in [0.3, 0.4) is 0 Å². The van der Waals surface area contributed by atoms with Crippen LogP contribution in [0.5, 0.6) is 5.75 Å². The Morgan fingerprint density at radius 2 is 1.64 bits per heavy atom. The predicted molar refractivity (Wildman–Crippen MR) is 156 cm³/mol. The lowest BCUT2D eigenvalue weighted by Gasteiger charge is -2.21. The van der Waals surface area contributed by atoms with Gasteiger partial charge >= 0.3 is 17.8 Å². The summed E-state index contributed by atoms with van der Waals surface area (Å²) in [6.45, 7) is -0.108. The fourth-order valence-corrected chi connectivity index (χ4v) is 4.98. The van der Waals surface area contributed by atoms with Crippen LogP contribution in [0.4, 0.5) is 22.0 Å². The minimum atomic E-state index is -4.95. The highest BCUT2D eigenvalue weighted by molar-refractivity contribution is 5.68. The van der Waals surface area contributed by atoms with Crippen molar-refractivity contribution in [1.82, 2.24) is 9.13 Å². The number of hydrogen-bond donors (Lipinski definition) is 2. The summed E-state index contributed by atoms with van der Waals surface area (Å²) in [6.07, 6.45) is -4.48. The Kier molecular flexibility index (Phi) is 10.2. The van der Waals surface area contributed by atoms with Gasteiger partial charge in [-0.25, -0.2) is 13.6 Å². The van der Waals surface area contributed by atoms with Crippen LogP contribution in [0.15, 0.2) is 76.3 Å². The van der Waals surface area contributed by atoms with E-state index in [-0.39, 0.29) is 42.0 Å². The molecule has 13 heteroatoms. The molecule has 0 aliphatic rings. The zero-order valence-corrected chi connectivity index (χ0v) is 24.1. The van der Waals surface area contributed by atoms with E-state index in [1.165, 1.54) is 25.1 Å². The average molecular weight is 632 g/mol. The van der Waals surface area contributed by atoms with Crippen molar-refractivity contribution in [2.75, 3.05) is 6.61 Å². The Morgan fingerprint density at radius 1 is 0.956 bits per heavy atom. The standard InChI is InChI=1S/C32H30F5N3O5/c1-19-28(21-11-7-14-26(29(21)34)45-16-6-5-15-27(41)42)30(43)40(18-25(38)20-9-3-2-4-10-20)31(44)39(19)17-22-23(32(35,36)37)12-8-13-24(22)33/h2-4,7-14,25H,5-6,15-18,38H2,1H3,(H,41,42)/t25-/m0/s1. The lowest BCUT2D eigenvalue weighted by atomic mass is 10.0. The van der Waals surface area contributed by atoms with Gasteiger partial charge in [0.15, 0.2) is 11.6 Å². The number of nitrogens with two attached hydrogens (primary N) is 1. The first kappa shape index (κ1) is 33.1. The maximum Gasteiger partial charge on any atom is 0.416 e. The van der Waals surface area contributed by atoms with E-state index in [4.69, 9.17) is 15.6 Å². The minimum absolute atomic E-state index is 0.0319. The van der Waals surface area contributed by atoms with E-state index in [0.29, 0.717) is 22.6 Å². The second kappa shape index (κ2) is 13.9. The molecule has 0 saturated heterocycles. The van der Waals surface area contributed by atoms with Gasteiger partial charge < -0.3 is 15.6 Å². The largest absolute Gasteiger partial charge is 0.490 e. The van der Waals surface area contributed by atoms with Gasteiger partial charge in [-0.3, -0.25) is 18.7 Å². The molecule has 1 heterocycles. The molecule has 0 fully saturated rings. The molecule has 0 spiro atoms. The molecule has 238 valence electrons. The lowest BCUT2D eigenvalue weighted by Crippen LogP contribution is -2.44. The predicted octanol–water partition coefficient (Wildman–Crippen LogP) is 5.66. The van der Waals surface area contributed by atoms with Crippen molar-refractivity contribution in [2.45, 2.75) is 51.5 Å². The van der Waals surface area contributed by atoms with Gasteiger partial charge in [0, 0.05) is 29.3 Å². The number of carboxylic acids is 1. The van der Waals surface area contributed by atoms with E-state index < -0.39 is 65.3 Å². The number of benzene rings is 3. The van der Waals surface area contributed by atoms with Gasteiger partial charge in [-0.2, -0.15) is 13.2 Å². The Labute approximate surface area is 254 Å². The van der Waals surface area contributed by atoms with Crippen LogP contribution >= 0.6 is 0 Å². The van der Waals surface area contributed by atoms with Crippen LogP contribution in [-0.4, -0.2) is 26.8 Å². The van der Waals surface area contributed by atoms with Crippen molar-refractivity contribution < 1.29 is 36.6 Å². The smallest absolute Gasteiger partial charge is 0.416 e. The van der Waals surface area contributed by atoms with Crippen molar-refractivity contribution in [2.24, 2.45) is 5.73 Å². The number of aromatic nitrogens is 2. The normalized spacial score (nSPS) is 12.2.